The van der Waals surface area contributed by atoms with Gasteiger partial charge in [0, 0.05) is 34.5 Å². The van der Waals surface area contributed by atoms with Crippen molar-refractivity contribution in [3.8, 4) is 73.5 Å². The topological polar surface area (TPSA) is 61.4 Å². The maximum absolute atomic E-state index is 4.80. The third kappa shape index (κ3) is 5.84. The quantitative estimate of drug-likeness (QED) is 0.146. The Bertz CT molecular complexity index is 2390. The molecule has 6 aromatic carbocycles. The van der Waals surface area contributed by atoms with Crippen molar-refractivity contribution in [1.29, 1.82) is 0 Å². The highest BCUT2D eigenvalue weighted by Crippen LogP contribution is 2.36. The van der Waals surface area contributed by atoms with Crippen LogP contribution in [0.25, 0.3) is 73.5 Å². The molecular formula is C44H34N6. The van der Waals surface area contributed by atoms with Crippen LogP contribution in [-0.4, -0.2) is 29.5 Å². The zero-order valence-electron chi connectivity index (χ0n) is 27.6. The lowest BCUT2D eigenvalue weighted by molar-refractivity contribution is 0.834. The smallest absolute Gasteiger partial charge is 0.169 e. The van der Waals surface area contributed by atoms with E-state index in [1.165, 1.54) is 0 Å². The molecule has 0 saturated heterocycles. The van der Waals surface area contributed by atoms with Crippen LogP contribution in [-0.2, 0) is 6.54 Å². The molecule has 0 unspecified atom stereocenters. The SMILES string of the molecule is C/C=C\Cn1c(-c2ccc(-c3nnc(-c4ccccc4-c4ccccc4)n3-c3ccccc3)cc2)nnc1-c1ccccc1-c1ccccc1. The lowest BCUT2D eigenvalue weighted by Gasteiger charge is -2.14. The predicted molar refractivity (Wildman–Crippen MR) is 202 cm³/mol. The highest BCUT2D eigenvalue weighted by molar-refractivity contribution is 5.83. The fourth-order valence-corrected chi connectivity index (χ4v) is 6.43. The maximum atomic E-state index is 4.80. The molecule has 0 spiro atoms. The Morgan fingerprint density at radius 3 is 1.38 bits per heavy atom. The number of para-hydroxylation sites is 1. The van der Waals surface area contributed by atoms with E-state index in [0.717, 1.165) is 73.5 Å². The Morgan fingerprint density at radius 1 is 0.400 bits per heavy atom. The number of hydrogen-bond donors (Lipinski definition) is 0. The molecule has 50 heavy (non-hydrogen) atoms. The second-order valence-corrected chi connectivity index (χ2v) is 11.9. The molecule has 0 amide bonds. The number of hydrogen-bond acceptors (Lipinski definition) is 4. The van der Waals surface area contributed by atoms with E-state index in [2.05, 4.69) is 155 Å². The largest absolute Gasteiger partial charge is 0.303 e. The average Bonchev–Trinajstić information content (AvgIpc) is 3.83. The van der Waals surface area contributed by atoms with Crippen LogP contribution in [0.4, 0.5) is 0 Å². The Hall–Kier alpha value is -6.66. The van der Waals surface area contributed by atoms with E-state index in [1.807, 2.05) is 37.3 Å². The molecular weight excluding hydrogens is 613 g/mol. The molecule has 2 heterocycles. The lowest BCUT2D eigenvalue weighted by atomic mass is 9.99. The predicted octanol–water partition coefficient (Wildman–Crippen LogP) is 10.4. The summed E-state index contributed by atoms with van der Waals surface area (Å²) in [5.41, 5.74) is 9.45. The van der Waals surface area contributed by atoms with E-state index in [9.17, 15) is 0 Å². The van der Waals surface area contributed by atoms with Gasteiger partial charge in [-0.25, -0.2) is 0 Å². The molecule has 0 atom stereocenters. The highest BCUT2D eigenvalue weighted by atomic mass is 15.3. The summed E-state index contributed by atoms with van der Waals surface area (Å²) in [6, 6.07) is 56.3. The van der Waals surface area contributed by atoms with Gasteiger partial charge in [-0.1, -0.05) is 164 Å². The number of allylic oxidation sites excluding steroid dienone is 2. The summed E-state index contributed by atoms with van der Waals surface area (Å²) < 4.78 is 4.33. The van der Waals surface area contributed by atoms with Gasteiger partial charge in [0.2, 0.25) is 0 Å². The van der Waals surface area contributed by atoms with Crippen LogP contribution in [0, 0.1) is 0 Å². The van der Waals surface area contributed by atoms with Gasteiger partial charge in [-0.2, -0.15) is 0 Å². The molecule has 0 bridgehead atoms. The number of rotatable bonds is 9. The van der Waals surface area contributed by atoms with Crippen molar-refractivity contribution in [3.05, 3.63) is 176 Å². The first kappa shape index (κ1) is 30.7. The van der Waals surface area contributed by atoms with E-state index in [-0.39, 0.29) is 0 Å². The van der Waals surface area contributed by atoms with Gasteiger partial charge in [-0.15, -0.1) is 20.4 Å². The van der Waals surface area contributed by atoms with Crippen LogP contribution in [0.15, 0.2) is 176 Å². The minimum absolute atomic E-state index is 0.644. The summed E-state index contributed by atoms with van der Waals surface area (Å²) in [5.74, 6) is 3.16. The van der Waals surface area contributed by atoms with E-state index in [0.29, 0.717) is 6.54 Å². The van der Waals surface area contributed by atoms with Crippen molar-refractivity contribution in [2.45, 2.75) is 13.5 Å². The summed E-state index contributed by atoms with van der Waals surface area (Å²) in [4.78, 5) is 0. The number of aromatic nitrogens is 6. The lowest BCUT2D eigenvalue weighted by Crippen LogP contribution is -2.03. The maximum Gasteiger partial charge on any atom is 0.169 e. The minimum atomic E-state index is 0.644. The fourth-order valence-electron chi connectivity index (χ4n) is 6.43. The molecule has 8 aromatic rings. The molecule has 0 saturated carbocycles. The Balaban J connectivity index is 1.22. The van der Waals surface area contributed by atoms with Crippen molar-refractivity contribution < 1.29 is 0 Å². The van der Waals surface area contributed by atoms with E-state index in [1.54, 1.807) is 0 Å². The van der Waals surface area contributed by atoms with Gasteiger partial charge in [0.1, 0.15) is 0 Å². The number of benzene rings is 6. The van der Waals surface area contributed by atoms with Crippen molar-refractivity contribution in [3.63, 3.8) is 0 Å². The van der Waals surface area contributed by atoms with Gasteiger partial charge >= 0.3 is 0 Å². The third-order valence-corrected chi connectivity index (χ3v) is 8.86. The molecule has 6 heteroatoms. The van der Waals surface area contributed by atoms with Crippen molar-refractivity contribution >= 4 is 0 Å². The molecule has 240 valence electrons. The van der Waals surface area contributed by atoms with Crippen molar-refractivity contribution in [1.82, 2.24) is 29.5 Å². The minimum Gasteiger partial charge on any atom is -0.303 e. The van der Waals surface area contributed by atoms with Gasteiger partial charge in [0.05, 0.1) is 0 Å². The number of nitrogens with zero attached hydrogens (tertiary/aromatic N) is 6. The van der Waals surface area contributed by atoms with E-state index >= 15 is 0 Å². The second-order valence-electron chi connectivity index (χ2n) is 11.9. The summed E-state index contributed by atoms with van der Waals surface area (Å²) >= 11 is 0. The van der Waals surface area contributed by atoms with Crippen LogP contribution in [0.5, 0.6) is 0 Å². The van der Waals surface area contributed by atoms with E-state index < -0.39 is 0 Å². The summed E-state index contributed by atoms with van der Waals surface area (Å²) in [6.45, 7) is 2.68. The summed E-state index contributed by atoms with van der Waals surface area (Å²) in [7, 11) is 0. The van der Waals surface area contributed by atoms with Crippen molar-refractivity contribution in [2.75, 3.05) is 0 Å². The first-order chi connectivity index (χ1) is 24.8. The Labute approximate surface area is 291 Å². The molecule has 0 aliphatic rings. The fraction of sp³-hybridized carbons (Fsp3) is 0.0455. The monoisotopic (exact) mass is 646 g/mol. The van der Waals surface area contributed by atoms with Crippen LogP contribution in [0.2, 0.25) is 0 Å². The van der Waals surface area contributed by atoms with Crippen molar-refractivity contribution in [2.24, 2.45) is 0 Å². The normalized spacial score (nSPS) is 11.3. The zero-order chi connectivity index (χ0) is 33.7. The third-order valence-electron chi connectivity index (χ3n) is 8.86. The standard InChI is InChI=1S/C44H34N6/c1-2-3-31-49-41(45-47-43(49)39-25-15-13-23-37(39)32-17-7-4-8-18-32)34-27-29-35(30-28-34)42-46-48-44(50(42)36-21-11-6-12-22-36)40-26-16-14-24-38(40)33-19-9-5-10-20-33/h2-30H,31H2,1H3/b3-2-. The van der Waals surface area contributed by atoms with Gasteiger partial charge in [-0.3, -0.25) is 4.57 Å². The van der Waals surface area contributed by atoms with Crippen LogP contribution in [0.1, 0.15) is 6.92 Å². The average molecular weight is 647 g/mol. The molecule has 0 N–H and O–H groups in total. The second kappa shape index (κ2) is 13.8. The molecule has 0 aliphatic carbocycles. The Kier molecular flexibility index (Phi) is 8.48. The van der Waals surface area contributed by atoms with Crippen LogP contribution >= 0.6 is 0 Å². The van der Waals surface area contributed by atoms with Gasteiger partial charge in [0.15, 0.2) is 23.3 Å². The highest BCUT2D eigenvalue weighted by Gasteiger charge is 2.21. The molecule has 8 rings (SSSR count). The summed E-state index contributed by atoms with van der Waals surface area (Å²) in [6.07, 6.45) is 4.19. The first-order valence-electron chi connectivity index (χ1n) is 16.8. The van der Waals surface area contributed by atoms with Gasteiger partial charge in [-0.05, 0) is 41.3 Å². The molecule has 2 aromatic heterocycles. The Morgan fingerprint density at radius 2 is 0.820 bits per heavy atom. The molecule has 0 radical (unpaired) electrons. The summed E-state index contributed by atoms with van der Waals surface area (Å²) in [5, 5.41) is 19.1. The zero-order valence-corrected chi connectivity index (χ0v) is 27.6. The first-order valence-corrected chi connectivity index (χ1v) is 16.8. The molecule has 6 nitrogen and oxygen atoms in total. The van der Waals surface area contributed by atoms with Crippen LogP contribution in [0.3, 0.4) is 0 Å². The molecule has 0 fully saturated rings. The van der Waals surface area contributed by atoms with Gasteiger partial charge < -0.3 is 4.57 Å². The molecule has 0 aliphatic heterocycles. The van der Waals surface area contributed by atoms with Gasteiger partial charge in [0.25, 0.3) is 0 Å². The van der Waals surface area contributed by atoms with E-state index in [4.69, 9.17) is 20.4 Å². The van der Waals surface area contributed by atoms with Crippen LogP contribution < -0.4 is 0 Å².